The van der Waals surface area contributed by atoms with Crippen molar-refractivity contribution in [3.05, 3.63) is 74.8 Å². The molecule has 4 heterocycles. The predicted octanol–water partition coefficient (Wildman–Crippen LogP) is 6.27. The minimum atomic E-state index is -0.737. The van der Waals surface area contributed by atoms with Crippen molar-refractivity contribution >= 4 is 63.4 Å². The number of piperazine rings is 1. The molecule has 1 N–H and O–H groups in total. The number of para-hydroxylation sites is 1. The lowest BCUT2D eigenvalue weighted by Crippen LogP contribution is -2.47. The van der Waals surface area contributed by atoms with E-state index in [2.05, 4.69) is 0 Å². The van der Waals surface area contributed by atoms with Crippen LogP contribution in [-0.4, -0.2) is 68.3 Å². The zero-order chi connectivity index (χ0) is 32.6. The number of aromatic nitrogens is 2. The molecule has 1 amide bonds. The van der Waals surface area contributed by atoms with Crippen LogP contribution >= 0.6 is 24.0 Å². The summed E-state index contributed by atoms with van der Waals surface area (Å²) >= 11 is 6.80. The summed E-state index contributed by atoms with van der Waals surface area (Å²) in [4.78, 5) is 49.1. The van der Waals surface area contributed by atoms with Crippen LogP contribution in [0.2, 0.25) is 0 Å². The number of pyridine rings is 1. The summed E-state index contributed by atoms with van der Waals surface area (Å²) in [5, 5.41) is 8.73. The number of thiocarbonyl (C=S) groups is 1. The van der Waals surface area contributed by atoms with Gasteiger partial charge in [0.15, 0.2) is 0 Å². The molecule has 3 aromatic rings. The fourth-order valence-corrected chi connectivity index (χ4v) is 7.26. The normalized spacial score (nSPS) is 16.3. The van der Waals surface area contributed by atoms with E-state index in [1.54, 1.807) is 35.4 Å². The molecule has 0 radical (unpaired) electrons. The van der Waals surface area contributed by atoms with Gasteiger partial charge in [-0.25, -0.2) is 9.37 Å². The number of aliphatic carboxylic acids is 1. The van der Waals surface area contributed by atoms with Gasteiger partial charge in [-0.05, 0) is 49.6 Å². The zero-order valence-electron chi connectivity index (χ0n) is 26.1. The summed E-state index contributed by atoms with van der Waals surface area (Å²) in [5.74, 6) is -0.682. The first-order valence-electron chi connectivity index (χ1n) is 16.0. The van der Waals surface area contributed by atoms with Crippen LogP contribution in [0.15, 0.2) is 52.3 Å². The second-order valence-electron chi connectivity index (χ2n) is 11.8. The van der Waals surface area contributed by atoms with E-state index >= 15 is 0 Å². The van der Waals surface area contributed by atoms with Gasteiger partial charge in [-0.3, -0.25) is 23.7 Å². The maximum Gasteiger partial charge on any atom is 0.303 e. The Morgan fingerprint density at radius 1 is 0.957 bits per heavy atom. The number of anilines is 2. The van der Waals surface area contributed by atoms with Crippen LogP contribution in [0, 0.1) is 12.7 Å². The number of fused-ring (bicyclic) bond motifs is 1. The van der Waals surface area contributed by atoms with Crippen molar-refractivity contribution in [1.29, 1.82) is 0 Å². The molecule has 244 valence electrons. The van der Waals surface area contributed by atoms with E-state index in [-0.39, 0.29) is 23.7 Å². The molecular formula is C34H40FN5O4S2. The van der Waals surface area contributed by atoms with Crippen LogP contribution in [0.5, 0.6) is 0 Å². The van der Waals surface area contributed by atoms with Crippen molar-refractivity contribution in [2.45, 2.75) is 64.7 Å². The van der Waals surface area contributed by atoms with Crippen LogP contribution in [0.4, 0.5) is 15.9 Å². The summed E-state index contributed by atoms with van der Waals surface area (Å²) in [6, 6.07) is 10.5. The molecule has 12 heteroatoms. The monoisotopic (exact) mass is 665 g/mol. The van der Waals surface area contributed by atoms with Gasteiger partial charge in [0.2, 0.25) is 0 Å². The SMILES string of the molecule is Cc1cccn2c(=O)c(/C=C3/SC(=S)N(CCCCCCCCCCC(=O)O)C3=O)c(N3CCN(c4ccccc4F)CC3)nc12. The Balaban J connectivity index is 1.27. The van der Waals surface area contributed by atoms with Crippen molar-refractivity contribution in [3.63, 3.8) is 0 Å². The quantitative estimate of drug-likeness (QED) is 0.122. The number of benzene rings is 1. The zero-order valence-corrected chi connectivity index (χ0v) is 27.8. The van der Waals surface area contributed by atoms with Crippen LogP contribution in [-0.2, 0) is 9.59 Å². The van der Waals surface area contributed by atoms with Gasteiger partial charge in [-0.15, -0.1) is 0 Å². The number of carboxylic acids is 1. The third-order valence-corrected chi connectivity index (χ3v) is 9.89. The van der Waals surface area contributed by atoms with Crippen molar-refractivity contribution < 1.29 is 19.1 Å². The van der Waals surface area contributed by atoms with Crippen LogP contribution in [0.3, 0.4) is 0 Å². The van der Waals surface area contributed by atoms with E-state index in [0.717, 1.165) is 56.9 Å². The maximum absolute atomic E-state index is 14.5. The molecule has 2 saturated heterocycles. The number of amides is 1. The Hall–Kier alpha value is -3.77. The molecule has 0 unspecified atom stereocenters. The van der Waals surface area contributed by atoms with Gasteiger partial charge in [-0.1, -0.05) is 80.7 Å². The van der Waals surface area contributed by atoms with Crippen LogP contribution in [0.25, 0.3) is 11.7 Å². The number of thioether (sulfide) groups is 1. The highest BCUT2D eigenvalue weighted by Gasteiger charge is 2.33. The first kappa shape index (κ1) is 33.6. The van der Waals surface area contributed by atoms with Crippen LogP contribution < -0.4 is 15.4 Å². The van der Waals surface area contributed by atoms with E-state index in [1.807, 2.05) is 28.9 Å². The number of carbonyl (C=O) groups is 2. The van der Waals surface area contributed by atoms with Gasteiger partial charge in [0, 0.05) is 45.3 Å². The lowest BCUT2D eigenvalue weighted by atomic mass is 10.1. The largest absolute Gasteiger partial charge is 0.481 e. The average molecular weight is 666 g/mol. The van der Waals surface area contributed by atoms with Gasteiger partial charge in [0.05, 0.1) is 16.2 Å². The summed E-state index contributed by atoms with van der Waals surface area (Å²) in [5.41, 5.74) is 2.06. The molecule has 0 saturated carbocycles. The maximum atomic E-state index is 14.5. The highest BCUT2D eigenvalue weighted by molar-refractivity contribution is 8.26. The van der Waals surface area contributed by atoms with Gasteiger partial charge >= 0.3 is 5.97 Å². The second kappa shape index (κ2) is 15.7. The van der Waals surface area contributed by atoms with Crippen molar-refractivity contribution in [2.24, 2.45) is 0 Å². The number of aryl methyl sites for hydroxylation is 1. The molecular weight excluding hydrogens is 626 g/mol. The Labute approximate surface area is 278 Å². The number of carbonyl (C=O) groups excluding carboxylic acids is 1. The molecule has 0 bridgehead atoms. The number of carboxylic acid groups (broad SMARTS) is 1. The van der Waals surface area contributed by atoms with E-state index in [4.69, 9.17) is 22.3 Å². The van der Waals surface area contributed by atoms with E-state index in [9.17, 15) is 18.8 Å². The average Bonchev–Trinajstić information content (AvgIpc) is 3.31. The topological polar surface area (TPSA) is 98.5 Å². The molecule has 0 spiro atoms. The molecule has 2 aliphatic rings. The summed E-state index contributed by atoms with van der Waals surface area (Å²) in [6.45, 7) is 4.62. The molecule has 2 fully saturated rings. The Bertz CT molecular complexity index is 1690. The molecule has 5 rings (SSSR count). The molecule has 1 aromatic carbocycles. The molecule has 2 aliphatic heterocycles. The molecule has 46 heavy (non-hydrogen) atoms. The predicted molar refractivity (Wildman–Crippen MR) is 186 cm³/mol. The van der Waals surface area contributed by atoms with Crippen LogP contribution in [0.1, 0.15) is 68.9 Å². The van der Waals surface area contributed by atoms with Gasteiger partial charge in [-0.2, -0.15) is 0 Å². The van der Waals surface area contributed by atoms with E-state index in [0.29, 0.717) is 64.7 Å². The van der Waals surface area contributed by atoms with Crippen molar-refractivity contribution in [2.75, 3.05) is 42.5 Å². The smallest absolute Gasteiger partial charge is 0.303 e. The minimum Gasteiger partial charge on any atom is -0.481 e. The lowest BCUT2D eigenvalue weighted by Gasteiger charge is -2.37. The summed E-state index contributed by atoms with van der Waals surface area (Å²) in [6.07, 6.45) is 11.3. The number of unbranched alkanes of at least 4 members (excludes halogenated alkanes) is 7. The third-order valence-electron chi connectivity index (χ3n) is 8.51. The minimum absolute atomic E-state index is 0.197. The van der Waals surface area contributed by atoms with Gasteiger partial charge in [0.25, 0.3) is 11.5 Å². The first-order chi connectivity index (χ1) is 22.2. The lowest BCUT2D eigenvalue weighted by molar-refractivity contribution is -0.137. The Morgan fingerprint density at radius 3 is 2.30 bits per heavy atom. The highest BCUT2D eigenvalue weighted by atomic mass is 32.2. The molecule has 0 atom stereocenters. The van der Waals surface area contributed by atoms with Crippen molar-refractivity contribution in [1.82, 2.24) is 14.3 Å². The number of rotatable bonds is 14. The van der Waals surface area contributed by atoms with E-state index in [1.165, 1.54) is 22.2 Å². The molecule has 0 aliphatic carbocycles. The molecule has 2 aromatic heterocycles. The fourth-order valence-electron chi connectivity index (χ4n) is 5.97. The van der Waals surface area contributed by atoms with Gasteiger partial charge < -0.3 is 14.9 Å². The first-order valence-corrected chi connectivity index (χ1v) is 17.2. The second-order valence-corrected chi connectivity index (χ2v) is 13.4. The number of nitrogens with zero attached hydrogens (tertiary/aromatic N) is 5. The molecule has 9 nitrogen and oxygen atoms in total. The summed E-state index contributed by atoms with van der Waals surface area (Å²) < 4.78 is 16.5. The highest BCUT2D eigenvalue weighted by Crippen LogP contribution is 2.34. The number of halogens is 1. The fraction of sp³-hybridized carbons (Fsp3) is 0.441. The standard InChI is InChI=1S/C34H40FN5O4S2/c1-24-13-12-18-39-30(24)36-31(38-21-19-37(20-22-38)27-15-10-9-14-26(27)35)25(32(39)43)23-28-33(44)40(34(45)46-28)17-11-7-5-3-2-4-6-8-16-29(41)42/h9-10,12-15,18,23H,2-8,11,16-17,19-22H2,1H3,(H,41,42)/b28-23+. The number of hydrogen-bond donors (Lipinski definition) is 1. The van der Waals surface area contributed by atoms with E-state index < -0.39 is 5.97 Å². The Morgan fingerprint density at radius 2 is 1.61 bits per heavy atom. The third kappa shape index (κ3) is 7.95. The van der Waals surface area contributed by atoms with Gasteiger partial charge in [0.1, 0.15) is 21.6 Å². The number of hydrogen-bond acceptors (Lipinski definition) is 8. The Kier molecular flexibility index (Phi) is 11.5. The van der Waals surface area contributed by atoms with Crippen molar-refractivity contribution in [3.8, 4) is 0 Å². The summed E-state index contributed by atoms with van der Waals surface area (Å²) in [7, 11) is 0.